The van der Waals surface area contributed by atoms with Gasteiger partial charge in [0.2, 0.25) is 0 Å². The van der Waals surface area contributed by atoms with E-state index >= 15 is 0 Å². The van der Waals surface area contributed by atoms with E-state index in [4.69, 9.17) is 0 Å². The highest BCUT2D eigenvalue weighted by Gasteiger charge is 2.35. The first-order chi connectivity index (χ1) is 9.22. The molecule has 112 valence electrons. The van der Waals surface area contributed by atoms with E-state index < -0.39 is 0 Å². The molecule has 1 heterocycles. The molecule has 2 aliphatic rings. The highest BCUT2D eigenvalue weighted by atomic mass is 16.3. The first-order valence-electron chi connectivity index (χ1n) is 8.64. The number of hydrogen-bond donors (Lipinski definition) is 1. The third kappa shape index (κ3) is 4.19. The summed E-state index contributed by atoms with van der Waals surface area (Å²) in [6.45, 7) is 7.20. The van der Waals surface area contributed by atoms with Gasteiger partial charge in [0, 0.05) is 18.5 Å². The predicted molar refractivity (Wildman–Crippen MR) is 81.2 cm³/mol. The summed E-state index contributed by atoms with van der Waals surface area (Å²) in [5.74, 6) is 1.37. The molecule has 0 aromatic rings. The Labute approximate surface area is 119 Å². The van der Waals surface area contributed by atoms with Gasteiger partial charge < -0.3 is 5.11 Å². The second-order valence-corrected chi connectivity index (χ2v) is 6.97. The molecule has 4 unspecified atom stereocenters. The molecule has 2 heteroatoms. The normalized spacial score (nSPS) is 35.2. The van der Waals surface area contributed by atoms with Crippen LogP contribution < -0.4 is 0 Å². The minimum absolute atomic E-state index is 0.0270. The third-order valence-corrected chi connectivity index (χ3v) is 5.27. The molecule has 0 radical (unpaired) electrons. The van der Waals surface area contributed by atoms with Crippen molar-refractivity contribution in [3.05, 3.63) is 0 Å². The standard InChI is InChI=1S/C17H33NO/c1-3-8-14(2)13-18-12-7-6-10-16(18)15-9-4-5-11-17(15)19/h14-17,19H,3-13H2,1-2H3. The topological polar surface area (TPSA) is 23.5 Å². The molecule has 2 nitrogen and oxygen atoms in total. The van der Waals surface area contributed by atoms with Crippen LogP contribution >= 0.6 is 0 Å². The molecule has 1 aliphatic heterocycles. The summed E-state index contributed by atoms with van der Waals surface area (Å²) in [6.07, 6.45) is 11.5. The summed E-state index contributed by atoms with van der Waals surface area (Å²) in [4.78, 5) is 2.73. The summed E-state index contributed by atoms with van der Waals surface area (Å²) < 4.78 is 0. The lowest BCUT2D eigenvalue weighted by atomic mass is 9.77. The Bertz CT molecular complexity index is 256. The fraction of sp³-hybridized carbons (Fsp3) is 1.00. The van der Waals surface area contributed by atoms with E-state index in [9.17, 15) is 5.11 Å². The van der Waals surface area contributed by atoms with Crippen molar-refractivity contribution >= 4 is 0 Å². The second-order valence-electron chi connectivity index (χ2n) is 6.97. The molecule has 1 saturated heterocycles. The van der Waals surface area contributed by atoms with Gasteiger partial charge in [-0.15, -0.1) is 0 Å². The lowest BCUT2D eigenvalue weighted by Gasteiger charge is -2.44. The average molecular weight is 267 g/mol. The third-order valence-electron chi connectivity index (χ3n) is 5.27. The zero-order chi connectivity index (χ0) is 13.7. The van der Waals surface area contributed by atoms with E-state index in [-0.39, 0.29) is 6.10 Å². The van der Waals surface area contributed by atoms with Crippen LogP contribution in [0.4, 0.5) is 0 Å². The van der Waals surface area contributed by atoms with Crippen molar-refractivity contribution in [2.75, 3.05) is 13.1 Å². The zero-order valence-corrected chi connectivity index (χ0v) is 13.0. The van der Waals surface area contributed by atoms with E-state index in [0.717, 1.165) is 12.3 Å². The molecule has 2 rings (SSSR count). The van der Waals surface area contributed by atoms with E-state index in [1.807, 2.05) is 0 Å². The van der Waals surface area contributed by atoms with E-state index in [1.165, 1.54) is 64.5 Å². The maximum absolute atomic E-state index is 10.3. The summed E-state index contributed by atoms with van der Waals surface area (Å²) >= 11 is 0. The highest BCUT2D eigenvalue weighted by molar-refractivity contribution is 4.89. The Morgan fingerprint density at radius 1 is 1.11 bits per heavy atom. The van der Waals surface area contributed by atoms with Gasteiger partial charge in [-0.3, -0.25) is 4.90 Å². The molecule has 4 atom stereocenters. The van der Waals surface area contributed by atoms with Crippen molar-refractivity contribution in [1.29, 1.82) is 0 Å². The number of rotatable bonds is 5. The van der Waals surface area contributed by atoms with Gasteiger partial charge in [0.25, 0.3) is 0 Å². The maximum atomic E-state index is 10.3. The van der Waals surface area contributed by atoms with Crippen molar-refractivity contribution in [3.8, 4) is 0 Å². The maximum Gasteiger partial charge on any atom is 0.0583 e. The summed E-state index contributed by atoms with van der Waals surface area (Å²) in [6, 6.07) is 0.670. The quantitative estimate of drug-likeness (QED) is 0.818. The van der Waals surface area contributed by atoms with Crippen LogP contribution in [-0.4, -0.2) is 35.2 Å². The molecule has 0 spiro atoms. The number of aliphatic hydroxyl groups excluding tert-OH is 1. The van der Waals surface area contributed by atoms with E-state index in [2.05, 4.69) is 18.7 Å². The Morgan fingerprint density at radius 2 is 1.84 bits per heavy atom. The smallest absolute Gasteiger partial charge is 0.0583 e. The van der Waals surface area contributed by atoms with Gasteiger partial charge in [-0.25, -0.2) is 0 Å². The lowest BCUT2D eigenvalue weighted by Crippen LogP contribution is -2.49. The molecular weight excluding hydrogens is 234 g/mol. The van der Waals surface area contributed by atoms with Gasteiger partial charge in [0.15, 0.2) is 0 Å². The largest absolute Gasteiger partial charge is 0.393 e. The molecular formula is C17H33NO. The number of piperidine rings is 1. The summed E-state index contributed by atoms with van der Waals surface area (Å²) in [7, 11) is 0. The van der Waals surface area contributed by atoms with Crippen LogP contribution in [0.5, 0.6) is 0 Å². The Hall–Kier alpha value is -0.0800. The van der Waals surface area contributed by atoms with Crippen molar-refractivity contribution < 1.29 is 5.11 Å². The monoisotopic (exact) mass is 267 g/mol. The van der Waals surface area contributed by atoms with Crippen molar-refractivity contribution in [2.45, 2.75) is 83.8 Å². The fourth-order valence-electron chi connectivity index (χ4n) is 4.30. The van der Waals surface area contributed by atoms with Crippen molar-refractivity contribution in [3.63, 3.8) is 0 Å². The summed E-state index contributed by atoms with van der Waals surface area (Å²) in [5, 5.41) is 10.3. The predicted octanol–water partition coefficient (Wildman–Crippen LogP) is 3.83. The molecule has 0 bridgehead atoms. The zero-order valence-electron chi connectivity index (χ0n) is 13.0. The molecule has 0 amide bonds. The van der Waals surface area contributed by atoms with Crippen LogP contribution in [-0.2, 0) is 0 Å². The van der Waals surface area contributed by atoms with Gasteiger partial charge in [-0.05, 0) is 44.6 Å². The number of aliphatic hydroxyl groups is 1. The molecule has 2 fully saturated rings. The first kappa shape index (κ1) is 15.3. The lowest BCUT2D eigenvalue weighted by molar-refractivity contribution is -0.0103. The summed E-state index contributed by atoms with van der Waals surface area (Å²) in [5.41, 5.74) is 0. The van der Waals surface area contributed by atoms with Crippen LogP contribution in [0.25, 0.3) is 0 Å². The molecule has 1 N–H and O–H groups in total. The van der Waals surface area contributed by atoms with Gasteiger partial charge in [0.05, 0.1) is 6.10 Å². The van der Waals surface area contributed by atoms with Gasteiger partial charge >= 0.3 is 0 Å². The van der Waals surface area contributed by atoms with Crippen LogP contribution in [0.1, 0.15) is 71.6 Å². The molecule has 19 heavy (non-hydrogen) atoms. The Kier molecular flexibility index (Phi) is 6.15. The van der Waals surface area contributed by atoms with Crippen LogP contribution in [0.15, 0.2) is 0 Å². The highest BCUT2D eigenvalue weighted by Crippen LogP contribution is 2.34. The van der Waals surface area contributed by atoms with Crippen molar-refractivity contribution in [2.24, 2.45) is 11.8 Å². The van der Waals surface area contributed by atoms with Gasteiger partial charge in [0.1, 0.15) is 0 Å². The minimum atomic E-state index is -0.0270. The van der Waals surface area contributed by atoms with E-state index in [1.54, 1.807) is 0 Å². The SMILES string of the molecule is CCCC(C)CN1CCCCC1C1CCCCC1O. The van der Waals surface area contributed by atoms with Crippen LogP contribution in [0.2, 0.25) is 0 Å². The Morgan fingerprint density at radius 3 is 2.58 bits per heavy atom. The minimum Gasteiger partial charge on any atom is -0.393 e. The molecule has 0 aromatic heterocycles. The van der Waals surface area contributed by atoms with Gasteiger partial charge in [-0.2, -0.15) is 0 Å². The fourth-order valence-corrected chi connectivity index (χ4v) is 4.30. The Balaban J connectivity index is 1.94. The van der Waals surface area contributed by atoms with Crippen LogP contribution in [0.3, 0.4) is 0 Å². The molecule has 1 aliphatic carbocycles. The number of likely N-dealkylation sites (tertiary alicyclic amines) is 1. The van der Waals surface area contributed by atoms with Crippen molar-refractivity contribution in [1.82, 2.24) is 4.90 Å². The number of hydrogen-bond acceptors (Lipinski definition) is 2. The number of nitrogens with zero attached hydrogens (tertiary/aromatic N) is 1. The first-order valence-corrected chi connectivity index (χ1v) is 8.64. The van der Waals surface area contributed by atoms with Crippen LogP contribution in [0, 0.1) is 11.8 Å². The second kappa shape index (κ2) is 7.64. The molecule has 0 aromatic carbocycles. The average Bonchev–Trinajstić information content (AvgIpc) is 2.40. The molecule has 1 saturated carbocycles. The van der Waals surface area contributed by atoms with Gasteiger partial charge in [-0.1, -0.05) is 39.5 Å². The van der Waals surface area contributed by atoms with E-state index in [0.29, 0.717) is 12.0 Å².